The van der Waals surface area contributed by atoms with Gasteiger partial charge in [0.2, 0.25) is 0 Å². The second kappa shape index (κ2) is 6.19. The van der Waals surface area contributed by atoms with Crippen LogP contribution in [0.4, 0.5) is 10.1 Å². The molecule has 104 valence electrons. The van der Waals surface area contributed by atoms with Gasteiger partial charge in [0.15, 0.2) is 0 Å². The fourth-order valence-electron chi connectivity index (χ4n) is 2.09. The van der Waals surface area contributed by atoms with Crippen molar-refractivity contribution >= 4 is 11.7 Å². The normalized spacial score (nSPS) is 11.9. The van der Waals surface area contributed by atoms with Crippen LogP contribution in [0.2, 0.25) is 0 Å². The lowest BCUT2D eigenvalue weighted by Gasteiger charge is -2.19. The Bertz CT molecular complexity index is 599. The molecule has 2 rings (SSSR count). The van der Waals surface area contributed by atoms with Crippen molar-refractivity contribution < 1.29 is 14.3 Å². The van der Waals surface area contributed by atoms with Crippen LogP contribution < -0.4 is 5.32 Å². The lowest BCUT2D eigenvalue weighted by atomic mass is 10.0. The molecule has 0 aliphatic carbocycles. The number of carboxylic acid groups (broad SMARTS) is 1. The van der Waals surface area contributed by atoms with E-state index in [-0.39, 0.29) is 11.6 Å². The maximum Gasteiger partial charge on any atom is 0.338 e. The first-order chi connectivity index (χ1) is 9.61. The number of nitrogens with one attached hydrogen (secondary N) is 1. The van der Waals surface area contributed by atoms with Gasteiger partial charge in [-0.25, -0.2) is 9.18 Å². The Hall–Kier alpha value is -2.36. The van der Waals surface area contributed by atoms with Crippen LogP contribution in [0.1, 0.15) is 35.3 Å². The lowest BCUT2D eigenvalue weighted by molar-refractivity contribution is 0.0692. The predicted octanol–water partition coefficient (Wildman–Crippen LogP) is 4.09. The summed E-state index contributed by atoms with van der Waals surface area (Å²) in [5.41, 5.74) is 1.38. The molecule has 0 radical (unpaired) electrons. The van der Waals surface area contributed by atoms with Gasteiger partial charge in [-0.15, -0.1) is 0 Å². The van der Waals surface area contributed by atoms with E-state index < -0.39 is 11.8 Å². The molecule has 0 fully saturated rings. The lowest BCUT2D eigenvalue weighted by Crippen LogP contribution is -2.10. The van der Waals surface area contributed by atoms with Crippen molar-refractivity contribution in [2.75, 3.05) is 5.32 Å². The van der Waals surface area contributed by atoms with Crippen LogP contribution in [0, 0.1) is 5.82 Å². The predicted molar refractivity (Wildman–Crippen MR) is 76.5 cm³/mol. The van der Waals surface area contributed by atoms with Crippen LogP contribution in [0.15, 0.2) is 48.5 Å². The molecular formula is C16H16FNO2. The van der Waals surface area contributed by atoms with Gasteiger partial charge in [-0.1, -0.05) is 37.3 Å². The number of anilines is 1. The highest BCUT2D eigenvalue weighted by molar-refractivity contribution is 5.89. The Morgan fingerprint density at radius 1 is 1.25 bits per heavy atom. The Morgan fingerprint density at radius 2 is 1.95 bits per heavy atom. The molecule has 3 nitrogen and oxygen atoms in total. The quantitative estimate of drug-likeness (QED) is 0.862. The van der Waals surface area contributed by atoms with Gasteiger partial charge in [-0.05, 0) is 30.2 Å². The number of benzene rings is 2. The highest BCUT2D eigenvalue weighted by Gasteiger charge is 2.13. The number of aromatic carboxylic acids is 1. The van der Waals surface area contributed by atoms with E-state index in [0.29, 0.717) is 5.69 Å². The van der Waals surface area contributed by atoms with Crippen molar-refractivity contribution in [1.82, 2.24) is 0 Å². The van der Waals surface area contributed by atoms with Crippen molar-refractivity contribution in [2.24, 2.45) is 0 Å². The van der Waals surface area contributed by atoms with Crippen LogP contribution in [0.3, 0.4) is 0 Å². The van der Waals surface area contributed by atoms with Gasteiger partial charge < -0.3 is 10.4 Å². The molecule has 2 N–H and O–H groups in total. The summed E-state index contributed by atoms with van der Waals surface area (Å²) in [4.78, 5) is 10.9. The third-order valence-corrected chi connectivity index (χ3v) is 3.15. The number of halogens is 1. The minimum absolute atomic E-state index is 0.0586. The fourth-order valence-corrected chi connectivity index (χ4v) is 2.09. The first-order valence-electron chi connectivity index (χ1n) is 6.46. The molecule has 2 aromatic carbocycles. The molecule has 0 spiro atoms. The Morgan fingerprint density at radius 3 is 2.55 bits per heavy atom. The molecule has 0 heterocycles. The van der Waals surface area contributed by atoms with Gasteiger partial charge in [0.25, 0.3) is 0 Å². The zero-order chi connectivity index (χ0) is 14.5. The Kier molecular flexibility index (Phi) is 4.35. The zero-order valence-corrected chi connectivity index (χ0v) is 11.1. The van der Waals surface area contributed by atoms with Gasteiger partial charge in [-0.2, -0.15) is 0 Å². The van der Waals surface area contributed by atoms with E-state index in [9.17, 15) is 9.18 Å². The summed E-state index contributed by atoms with van der Waals surface area (Å²) in [6.07, 6.45) is 0.837. The maximum absolute atomic E-state index is 13.4. The summed E-state index contributed by atoms with van der Waals surface area (Å²) < 4.78 is 13.4. The van der Waals surface area contributed by atoms with Crippen molar-refractivity contribution in [3.05, 3.63) is 65.5 Å². The van der Waals surface area contributed by atoms with E-state index in [2.05, 4.69) is 5.32 Å². The maximum atomic E-state index is 13.4. The molecule has 0 aliphatic heterocycles. The van der Waals surface area contributed by atoms with Crippen LogP contribution >= 0.6 is 0 Å². The average molecular weight is 273 g/mol. The summed E-state index contributed by atoms with van der Waals surface area (Å²) in [6, 6.07) is 13.9. The second-order valence-electron chi connectivity index (χ2n) is 4.52. The van der Waals surface area contributed by atoms with Gasteiger partial charge in [0.1, 0.15) is 5.82 Å². The van der Waals surface area contributed by atoms with Crippen molar-refractivity contribution in [2.45, 2.75) is 19.4 Å². The summed E-state index contributed by atoms with van der Waals surface area (Å²) in [5.74, 6) is -1.99. The molecule has 1 atom stereocenters. The monoisotopic (exact) mass is 273 g/mol. The number of carboxylic acids is 1. The largest absolute Gasteiger partial charge is 0.478 e. The molecule has 2 aromatic rings. The number of rotatable bonds is 5. The molecular weight excluding hydrogens is 257 g/mol. The van der Waals surface area contributed by atoms with Crippen LogP contribution in [0.25, 0.3) is 0 Å². The first kappa shape index (κ1) is 14.1. The zero-order valence-electron chi connectivity index (χ0n) is 11.1. The molecule has 0 saturated carbocycles. The Labute approximate surface area is 117 Å². The molecule has 1 unspecified atom stereocenters. The number of hydrogen-bond donors (Lipinski definition) is 2. The third-order valence-electron chi connectivity index (χ3n) is 3.15. The van der Waals surface area contributed by atoms with E-state index in [0.717, 1.165) is 12.0 Å². The fraction of sp³-hybridized carbons (Fsp3) is 0.188. The van der Waals surface area contributed by atoms with E-state index in [1.165, 1.54) is 12.1 Å². The smallest absolute Gasteiger partial charge is 0.338 e. The molecule has 0 amide bonds. The van der Waals surface area contributed by atoms with Crippen LogP contribution in [0.5, 0.6) is 0 Å². The van der Waals surface area contributed by atoms with Crippen molar-refractivity contribution in [3.8, 4) is 0 Å². The molecule has 0 saturated heterocycles. The van der Waals surface area contributed by atoms with Crippen LogP contribution in [-0.2, 0) is 0 Å². The molecule has 0 bridgehead atoms. The summed E-state index contributed by atoms with van der Waals surface area (Å²) in [5, 5.41) is 12.2. The highest BCUT2D eigenvalue weighted by Crippen LogP contribution is 2.23. The molecule has 0 aliphatic rings. The van der Waals surface area contributed by atoms with E-state index in [4.69, 9.17) is 5.11 Å². The molecule has 0 aromatic heterocycles. The minimum atomic E-state index is -1.26. The summed E-state index contributed by atoms with van der Waals surface area (Å²) in [6.45, 7) is 2.03. The van der Waals surface area contributed by atoms with E-state index in [1.807, 2.05) is 37.3 Å². The summed E-state index contributed by atoms with van der Waals surface area (Å²) >= 11 is 0. The standard InChI is InChI=1S/C16H16FNO2/c1-2-15(11-6-4-3-5-7-11)18-12-8-9-14(17)13(10-12)16(19)20/h3-10,15,18H,2H2,1H3,(H,19,20). The van der Waals surface area contributed by atoms with Gasteiger partial charge in [0, 0.05) is 5.69 Å². The average Bonchev–Trinajstić information content (AvgIpc) is 2.47. The van der Waals surface area contributed by atoms with Gasteiger partial charge >= 0.3 is 5.97 Å². The number of hydrogen-bond acceptors (Lipinski definition) is 2. The SMILES string of the molecule is CCC(Nc1ccc(F)c(C(=O)O)c1)c1ccccc1. The van der Waals surface area contributed by atoms with Crippen molar-refractivity contribution in [1.29, 1.82) is 0 Å². The Balaban J connectivity index is 2.24. The van der Waals surface area contributed by atoms with Gasteiger partial charge in [0.05, 0.1) is 11.6 Å². The third kappa shape index (κ3) is 3.15. The number of carbonyl (C=O) groups is 1. The highest BCUT2D eigenvalue weighted by atomic mass is 19.1. The van der Waals surface area contributed by atoms with Gasteiger partial charge in [-0.3, -0.25) is 0 Å². The topological polar surface area (TPSA) is 49.3 Å². The second-order valence-corrected chi connectivity index (χ2v) is 4.52. The molecule has 4 heteroatoms. The van der Waals surface area contributed by atoms with Crippen molar-refractivity contribution in [3.63, 3.8) is 0 Å². The first-order valence-corrected chi connectivity index (χ1v) is 6.46. The molecule has 20 heavy (non-hydrogen) atoms. The minimum Gasteiger partial charge on any atom is -0.478 e. The van der Waals surface area contributed by atoms with Crippen LogP contribution in [-0.4, -0.2) is 11.1 Å². The van der Waals surface area contributed by atoms with E-state index in [1.54, 1.807) is 6.07 Å². The summed E-state index contributed by atoms with van der Waals surface area (Å²) in [7, 11) is 0. The van der Waals surface area contributed by atoms with E-state index >= 15 is 0 Å².